The molecule has 1 unspecified atom stereocenters. The van der Waals surface area contributed by atoms with E-state index in [1.807, 2.05) is 4.90 Å². The van der Waals surface area contributed by atoms with Gasteiger partial charge in [0.2, 0.25) is 0 Å². The third-order valence-electron chi connectivity index (χ3n) is 3.77. The van der Waals surface area contributed by atoms with Gasteiger partial charge in [-0.15, -0.1) is 0 Å². The van der Waals surface area contributed by atoms with Gasteiger partial charge in [-0.3, -0.25) is 0 Å². The van der Waals surface area contributed by atoms with Gasteiger partial charge in [0, 0.05) is 19.2 Å². The number of nitrogens with zero attached hydrogens (tertiary/aromatic N) is 1. The van der Waals surface area contributed by atoms with Gasteiger partial charge in [-0.1, -0.05) is 0 Å². The van der Waals surface area contributed by atoms with E-state index in [1.165, 1.54) is 12.1 Å². The van der Waals surface area contributed by atoms with Gasteiger partial charge in [-0.25, -0.2) is 9.18 Å². The lowest BCUT2D eigenvalue weighted by Gasteiger charge is -2.28. The van der Waals surface area contributed by atoms with Crippen molar-refractivity contribution >= 4 is 17.3 Å². The van der Waals surface area contributed by atoms with Crippen molar-refractivity contribution in [3.63, 3.8) is 0 Å². The Kier molecular flexibility index (Phi) is 4.44. The summed E-state index contributed by atoms with van der Waals surface area (Å²) in [6.45, 7) is 0.836. The summed E-state index contributed by atoms with van der Waals surface area (Å²) in [6, 6.07) is 2.86. The standard InChI is InChI=1S/C14H19FN2O3/c15-10-5-6-11(12(13(10)16)14(19)20)17-7-1-3-9(17)4-2-8-18/h5-6,9,18H,1-4,7-8,16H2,(H,19,20). The minimum Gasteiger partial charge on any atom is -0.478 e. The van der Waals surface area contributed by atoms with Crippen LogP contribution in [0.25, 0.3) is 0 Å². The van der Waals surface area contributed by atoms with E-state index in [0.29, 0.717) is 12.1 Å². The zero-order chi connectivity index (χ0) is 14.7. The van der Waals surface area contributed by atoms with Crippen LogP contribution in [0.5, 0.6) is 0 Å². The van der Waals surface area contributed by atoms with Crippen molar-refractivity contribution in [1.82, 2.24) is 0 Å². The molecule has 1 fully saturated rings. The van der Waals surface area contributed by atoms with Crippen molar-refractivity contribution in [2.24, 2.45) is 0 Å². The van der Waals surface area contributed by atoms with Crippen LogP contribution >= 0.6 is 0 Å². The van der Waals surface area contributed by atoms with Crippen LogP contribution in [0.1, 0.15) is 36.0 Å². The van der Waals surface area contributed by atoms with E-state index >= 15 is 0 Å². The van der Waals surface area contributed by atoms with E-state index in [2.05, 4.69) is 0 Å². The number of aromatic carboxylic acids is 1. The van der Waals surface area contributed by atoms with Crippen LogP contribution in [-0.2, 0) is 0 Å². The van der Waals surface area contributed by atoms with Crippen LogP contribution in [-0.4, -0.2) is 35.4 Å². The van der Waals surface area contributed by atoms with Gasteiger partial charge in [-0.05, 0) is 37.8 Å². The molecule has 6 heteroatoms. The Bertz CT molecular complexity index is 507. The number of aliphatic hydroxyl groups excluding tert-OH is 1. The summed E-state index contributed by atoms with van der Waals surface area (Å²) in [5, 5.41) is 18.2. The van der Waals surface area contributed by atoms with E-state index in [9.17, 15) is 14.3 Å². The zero-order valence-electron chi connectivity index (χ0n) is 11.2. The highest BCUT2D eigenvalue weighted by Crippen LogP contribution is 2.34. The van der Waals surface area contributed by atoms with Crippen LogP contribution in [0, 0.1) is 5.82 Å². The van der Waals surface area contributed by atoms with Gasteiger partial charge >= 0.3 is 5.97 Å². The molecule has 4 N–H and O–H groups in total. The van der Waals surface area contributed by atoms with E-state index in [0.717, 1.165) is 25.8 Å². The third kappa shape index (κ3) is 2.70. The molecule has 0 amide bonds. The minimum absolute atomic E-state index is 0.113. The quantitative estimate of drug-likeness (QED) is 0.717. The molecule has 1 saturated heterocycles. The summed E-state index contributed by atoms with van der Waals surface area (Å²) in [5.41, 5.74) is 5.56. The number of rotatable bonds is 5. The van der Waals surface area contributed by atoms with Crippen molar-refractivity contribution in [2.45, 2.75) is 31.7 Å². The maximum atomic E-state index is 13.5. The van der Waals surface area contributed by atoms with E-state index in [1.54, 1.807) is 0 Å². The first-order chi connectivity index (χ1) is 9.56. The minimum atomic E-state index is -1.22. The molecule has 5 nitrogen and oxygen atoms in total. The topological polar surface area (TPSA) is 86.8 Å². The molecule has 0 spiro atoms. The normalized spacial score (nSPS) is 18.5. The molecule has 1 atom stereocenters. The first kappa shape index (κ1) is 14.6. The Labute approximate surface area is 116 Å². The Balaban J connectivity index is 2.36. The second-order valence-corrected chi connectivity index (χ2v) is 5.02. The highest BCUT2D eigenvalue weighted by Gasteiger charge is 2.29. The predicted octanol–water partition coefficient (Wildman–Crippen LogP) is 1.85. The van der Waals surface area contributed by atoms with Crippen molar-refractivity contribution in [2.75, 3.05) is 23.8 Å². The summed E-state index contributed by atoms with van der Waals surface area (Å²) in [5.74, 6) is -1.93. The molecule has 20 heavy (non-hydrogen) atoms. The molecule has 1 aliphatic heterocycles. The third-order valence-corrected chi connectivity index (χ3v) is 3.77. The van der Waals surface area contributed by atoms with Crippen molar-refractivity contribution in [1.29, 1.82) is 0 Å². The number of carboxylic acid groups (broad SMARTS) is 1. The van der Waals surface area contributed by atoms with Crippen molar-refractivity contribution in [3.8, 4) is 0 Å². The number of aliphatic hydroxyl groups is 1. The van der Waals surface area contributed by atoms with Gasteiger partial charge in [0.25, 0.3) is 0 Å². The lowest BCUT2D eigenvalue weighted by atomic mass is 10.1. The van der Waals surface area contributed by atoms with Crippen molar-refractivity contribution in [3.05, 3.63) is 23.5 Å². The lowest BCUT2D eigenvalue weighted by molar-refractivity contribution is 0.0698. The summed E-state index contributed by atoms with van der Waals surface area (Å²) < 4.78 is 13.5. The smallest absolute Gasteiger partial charge is 0.340 e. The fraction of sp³-hybridized carbons (Fsp3) is 0.500. The van der Waals surface area contributed by atoms with Crippen molar-refractivity contribution < 1.29 is 19.4 Å². The number of nitrogen functional groups attached to an aromatic ring is 1. The predicted molar refractivity (Wildman–Crippen MR) is 74.5 cm³/mol. The summed E-state index contributed by atoms with van der Waals surface area (Å²) in [4.78, 5) is 13.3. The number of carbonyl (C=O) groups is 1. The number of halogens is 1. The van der Waals surface area contributed by atoms with Gasteiger partial charge in [0.05, 0.1) is 11.4 Å². The number of benzene rings is 1. The van der Waals surface area contributed by atoms with Gasteiger partial charge in [-0.2, -0.15) is 0 Å². The number of hydrogen-bond donors (Lipinski definition) is 3. The summed E-state index contributed by atoms with van der Waals surface area (Å²) >= 11 is 0. The molecule has 1 aromatic carbocycles. The van der Waals surface area contributed by atoms with E-state index in [-0.39, 0.29) is 23.9 Å². The summed E-state index contributed by atoms with van der Waals surface area (Å²) in [7, 11) is 0. The largest absolute Gasteiger partial charge is 0.478 e. The number of carboxylic acids is 1. The van der Waals surface area contributed by atoms with Crippen LogP contribution in [0.15, 0.2) is 12.1 Å². The van der Waals surface area contributed by atoms with E-state index in [4.69, 9.17) is 10.8 Å². The molecule has 110 valence electrons. The van der Waals surface area contributed by atoms with E-state index < -0.39 is 11.8 Å². The van der Waals surface area contributed by atoms with Crippen LogP contribution in [0.4, 0.5) is 15.8 Å². The molecular formula is C14H19FN2O3. The Morgan fingerprint density at radius 3 is 2.90 bits per heavy atom. The fourth-order valence-electron chi connectivity index (χ4n) is 2.83. The second-order valence-electron chi connectivity index (χ2n) is 5.02. The molecule has 1 aliphatic rings. The molecule has 0 aliphatic carbocycles. The van der Waals surface area contributed by atoms with Gasteiger partial charge < -0.3 is 20.8 Å². The summed E-state index contributed by atoms with van der Waals surface area (Å²) in [6.07, 6.45) is 3.34. The maximum Gasteiger partial charge on any atom is 0.340 e. The second kappa shape index (κ2) is 6.09. The zero-order valence-corrected chi connectivity index (χ0v) is 11.2. The molecule has 0 saturated carbocycles. The molecule has 0 radical (unpaired) electrons. The first-order valence-electron chi connectivity index (χ1n) is 6.75. The molecule has 0 bridgehead atoms. The molecule has 2 rings (SSSR count). The highest BCUT2D eigenvalue weighted by molar-refractivity contribution is 6.00. The SMILES string of the molecule is Nc1c(F)ccc(N2CCCC2CCCO)c1C(=O)O. The molecule has 1 heterocycles. The maximum absolute atomic E-state index is 13.5. The monoisotopic (exact) mass is 282 g/mol. The fourth-order valence-corrected chi connectivity index (χ4v) is 2.83. The number of hydrogen-bond acceptors (Lipinski definition) is 4. The molecule has 1 aromatic rings. The Morgan fingerprint density at radius 2 is 2.25 bits per heavy atom. The first-order valence-corrected chi connectivity index (χ1v) is 6.75. The van der Waals surface area contributed by atoms with Gasteiger partial charge in [0.15, 0.2) is 0 Å². The molecular weight excluding hydrogens is 263 g/mol. The van der Waals surface area contributed by atoms with Crippen LogP contribution in [0.2, 0.25) is 0 Å². The average molecular weight is 282 g/mol. The Hall–Kier alpha value is -1.82. The number of nitrogens with two attached hydrogens (primary N) is 1. The molecule has 0 aromatic heterocycles. The number of anilines is 2. The highest BCUT2D eigenvalue weighted by atomic mass is 19.1. The van der Waals surface area contributed by atoms with Crippen LogP contribution in [0.3, 0.4) is 0 Å². The Morgan fingerprint density at radius 1 is 1.50 bits per heavy atom. The average Bonchev–Trinajstić information content (AvgIpc) is 2.87. The lowest BCUT2D eigenvalue weighted by Crippen LogP contribution is -2.31. The van der Waals surface area contributed by atoms with Gasteiger partial charge in [0.1, 0.15) is 11.4 Å². The van der Waals surface area contributed by atoms with Crippen LogP contribution < -0.4 is 10.6 Å².